The Morgan fingerprint density at radius 2 is 1.86 bits per heavy atom. The van der Waals surface area contributed by atoms with Crippen molar-refractivity contribution in [2.75, 3.05) is 6.54 Å². The van der Waals surface area contributed by atoms with Crippen molar-refractivity contribution in [3.63, 3.8) is 0 Å². The highest BCUT2D eigenvalue weighted by molar-refractivity contribution is 6.11. The number of H-pyrrole nitrogens is 1. The van der Waals surface area contributed by atoms with Gasteiger partial charge in [-0.25, -0.2) is 0 Å². The van der Waals surface area contributed by atoms with Gasteiger partial charge in [0.2, 0.25) is 5.91 Å². The standard InChI is InChI=1S/C17H13N3O2/c21-15-9-19-17(22)14(20-15)7-11-8-18-16-12-4-2-1-3-10(12)5-6-13(11)16/h1-8,18H,9H2,(H,19,22)(H,20,21)/b14-7-. The van der Waals surface area contributed by atoms with Crippen LogP contribution in [0, 0.1) is 0 Å². The molecule has 5 heteroatoms. The molecule has 2 heterocycles. The molecule has 1 aliphatic rings. The van der Waals surface area contributed by atoms with Gasteiger partial charge in [-0.2, -0.15) is 0 Å². The van der Waals surface area contributed by atoms with E-state index >= 15 is 0 Å². The Kier molecular flexibility index (Phi) is 2.72. The van der Waals surface area contributed by atoms with Crippen molar-refractivity contribution in [3.05, 3.63) is 53.9 Å². The molecule has 0 aliphatic carbocycles. The normalized spacial score (nSPS) is 17.0. The van der Waals surface area contributed by atoms with Crippen LogP contribution in [0.2, 0.25) is 0 Å². The van der Waals surface area contributed by atoms with Crippen LogP contribution in [0.1, 0.15) is 5.56 Å². The topological polar surface area (TPSA) is 74.0 Å². The van der Waals surface area contributed by atoms with Crippen molar-refractivity contribution in [2.24, 2.45) is 0 Å². The molecule has 4 rings (SSSR count). The highest BCUT2D eigenvalue weighted by atomic mass is 16.2. The minimum Gasteiger partial charge on any atom is -0.360 e. The summed E-state index contributed by atoms with van der Waals surface area (Å²) in [5, 5.41) is 8.44. The summed E-state index contributed by atoms with van der Waals surface area (Å²) in [6, 6.07) is 12.2. The van der Waals surface area contributed by atoms with Crippen molar-refractivity contribution < 1.29 is 9.59 Å². The summed E-state index contributed by atoms with van der Waals surface area (Å²) in [7, 11) is 0. The maximum atomic E-state index is 11.8. The van der Waals surface area contributed by atoms with Gasteiger partial charge in [0.15, 0.2) is 0 Å². The molecule has 2 amide bonds. The van der Waals surface area contributed by atoms with Crippen LogP contribution in [0.3, 0.4) is 0 Å². The summed E-state index contributed by atoms with van der Waals surface area (Å²) in [6.07, 6.45) is 3.54. The van der Waals surface area contributed by atoms with Crippen molar-refractivity contribution >= 4 is 39.6 Å². The Labute approximate surface area is 126 Å². The van der Waals surface area contributed by atoms with Crippen molar-refractivity contribution in [1.82, 2.24) is 15.6 Å². The lowest BCUT2D eigenvalue weighted by molar-refractivity contribution is -0.127. The fourth-order valence-electron chi connectivity index (χ4n) is 2.78. The first-order chi connectivity index (χ1) is 10.7. The van der Waals surface area contributed by atoms with E-state index in [0.29, 0.717) is 0 Å². The third kappa shape index (κ3) is 1.95. The largest absolute Gasteiger partial charge is 0.360 e. The number of amides is 2. The van der Waals surface area contributed by atoms with E-state index in [1.54, 1.807) is 6.08 Å². The molecule has 0 spiro atoms. The predicted octanol–water partition coefficient (Wildman–Crippen LogP) is 1.91. The molecule has 5 nitrogen and oxygen atoms in total. The molecule has 22 heavy (non-hydrogen) atoms. The summed E-state index contributed by atoms with van der Waals surface area (Å²) >= 11 is 0. The first-order valence-corrected chi connectivity index (χ1v) is 7.01. The molecule has 0 saturated carbocycles. The van der Waals surface area contributed by atoms with E-state index in [2.05, 4.69) is 27.8 Å². The molecule has 0 bridgehead atoms. The highest BCUT2D eigenvalue weighted by Crippen LogP contribution is 2.28. The van der Waals surface area contributed by atoms with Crippen molar-refractivity contribution in [2.45, 2.75) is 0 Å². The number of piperazine rings is 1. The average Bonchev–Trinajstić information content (AvgIpc) is 2.94. The lowest BCUT2D eigenvalue weighted by atomic mass is 10.0. The number of nitrogens with one attached hydrogen (secondary N) is 3. The quantitative estimate of drug-likeness (QED) is 0.599. The van der Waals surface area contributed by atoms with Gasteiger partial charge in [0.05, 0.1) is 12.1 Å². The van der Waals surface area contributed by atoms with Gasteiger partial charge in [0.25, 0.3) is 5.91 Å². The molecule has 0 unspecified atom stereocenters. The lowest BCUT2D eigenvalue weighted by Gasteiger charge is -2.15. The smallest absolute Gasteiger partial charge is 0.268 e. The number of hydrogen-bond donors (Lipinski definition) is 3. The molecule has 1 aromatic heterocycles. The van der Waals surface area contributed by atoms with Gasteiger partial charge in [-0.1, -0.05) is 36.4 Å². The molecule has 3 N–H and O–H groups in total. The zero-order valence-corrected chi connectivity index (χ0v) is 11.6. The van der Waals surface area contributed by atoms with E-state index in [1.165, 1.54) is 0 Å². The molecular weight excluding hydrogens is 278 g/mol. The van der Waals surface area contributed by atoms with Crippen LogP contribution in [0.4, 0.5) is 0 Å². The summed E-state index contributed by atoms with van der Waals surface area (Å²) in [4.78, 5) is 26.5. The fourth-order valence-corrected chi connectivity index (χ4v) is 2.78. The number of aromatic nitrogens is 1. The van der Waals surface area contributed by atoms with E-state index in [1.807, 2.05) is 30.5 Å². The second-order valence-electron chi connectivity index (χ2n) is 5.24. The third-order valence-corrected chi connectivity index (χ3v) is 3.84. The third-order valence-electron chi connectivity index (χ3n) is 3.84. The monoisotopic (exact) mass is 291 g/mol. The van der Waals surface area contributed by atoms with E-state index in [0.717, 1.165) is 27.2 Å². The molecule has 0 radical (unpaired) electrons. The van der Waals surface area contributed by atoms with Gasteiger partial charge in [-0.15, -0.1) is 0 Å². The number of aromatic amines is 1. The van der Waals surface area contributed by atoms with Gasteiger partial charge >= 0.3 is 0 Å². The molecule has 0 atom stereocenters. The molecule has 1 saturated heterocycles. The van der Waals surface area contributed by atoms with Gasteiger partial charge in [0.1, 0.15) is 5.70 Å². The average molecular weight is 291 g/mol. The lowest BCUT2D eigenvalue weighted by Crippen LogP contribution is -2.46. The maximum Gasteiger partial charge on any atom is 0.268 e. The van der Waals surface area contributed by atoms with Crippen LogP contribution in [0.25, 0.3) is 27.8 Å². The van der Waals surface area contributed by atoms with Crippen LogP contribution >= 0.6 is 0 Å². The van der Waals surface area contributed by atoms with Crippen LogP contribution in [-0.4, -0.2) is 23.3 Å². The van der Waals surface area contributed by atoms with Crippen molar-refractivity contribution in [3.8, 4) is 0 Å². The van der Waals surface area contributed by atoms with E-state index in [-0.39, 0.29) is 24.1 Å². The fraction of sp³-hybridized carbons (Fsp3) is 0.0588. The first kappa shape index (κ1) is 12.6. The van der Waals surface area contributed by atoms with Gasteiger partial charge < -0.3 is 15.6 Å². The molecule has 1 fully saturated rings. The van der Waals surface area contributed by atoms with Gasteiger partial charge in [0, 0.05) is 22.5 Å². The van der Waals surface area contributed by atoms with E-state index in [9.17, 15) is 9.59 Å². The number of carbonyl (C=O) groups is 2. The molecule has 108 valence electrons. The van der Waals surface area contributed by atoms with Crippen LogP contribution < -0.4 is 10.6 Å². The zero-order valence-electron chi connectivity index (χ0n) is 11.6. The number of carbonyl (C=O) groups excluding carboxylic acids is 2. The van der Waals surface area contributed by atoms with E-state index < -0.39 is 0 Å². The Hall–Kier alpha value is -3.08. The summed E-state index contributed by atoms with van der Waals surface area (Å²) in [5.41, 5.74) is 2.16. The molecule has 1 aliphatic heterocycles. The minimum atomic E-state index is -0.269. The first-order valence-electron chi connectivity index (χ1n) is 7.01. The predicted molar refractivity (Wildman–Crippen MR) is 84.9 cm³/mol. The second-order valence-corrected chi connectivity index (χ2v) is 5.24. The zero-order chi connectivity index (χ0) is 15.1. The maximum absolute atomic E-state index is 11.8. The highest BCUT2D eigenvalue weighted by Gasteiger charge is 2.19. The summed E-state index contributed by atoms with van der Waals surface area (Å²) in [6.45, 7) is 0.0225. The Morgan fingerprint density at radius 1 is 1.00 bits per heavy atom. The molecular formula is C17H13N3O2. The van der Waals surface area contributed by atoms with E-state index in [4.69, 9.17) is 0 Å². The second kappa shape index (κ2) is 4.73. The van der Waals surface area contributed by atoms with Crippen LogP contribution in [0.15, 0.2) is 48.3 Å². The SMILES string of the molecule is O=C1CNC(=O)/C(=C/c2c[nH]c3c2ccc2ccccc23)N1. The van der Waals surface area contributed by atoms with Gasteiger partial charge in [-0.3, -0.25) is 9.59 Å². The number of hydrogen-bond acceptors (Lipinski definition) is 2. The number of fused-ring (bicyclic) bond motifs is 3. The number of rotatable bonds is 1. The van der Waals surface area contributed by atoms with Gasteiger partial charge in [-0.05, 0) is 11.5 Å². The molecule has 2 aromatic carbocycles. The summed E-state index contributed by atoms with van der Waals surface area (Å²) in [5.74, 6) is -0.481. The Balaban J connectivity index is 1.87. The number of benzene rings is 2. The van der Waals surface area contributed by atoms with Crippen LogP contribution in [-0.2, 0) is 9.59 Å². The Morgan fingerprint density at radius 3 is 2.77 bits per heavy atom. The van der Waals surface area contributed by atoms with Crippen molar-refractivity contribution in [1.29, 1.82) is 0 Å². The molecule has 3 aromatic rings. The summed E-state index contributed by atoms with van der Waals surface area (Å²) < 4.78 is 0. The Bertz CT molecular complexity index is 953. The minimum absolute atomic E-state index is 0.0225. The van der Waals surface area contributed by atoms with Crippen LogP contribution in [0.5, 0.6) is 0 Å².